The number of hydrogen-bond acceptors (Lipinski definition) is 2. The van der Waals surface area contributed by atoms with Crippen molar-refractivity contribution in [3.8, 4) is 22.3 Å². The van der Waals surface area contributed by atoms with E-state index in [2.05, 4.69) is 161 Å². The number of hydrogen-bond donors (Lipinski definition) is 0. The molecular weight excluding hydrogens is 711 g/mol. The van der Waals surface area contributed by atoms with Gasteiger partial charge in [0.25, 0.3) is 6.71 Å². The Kier molecular flexibility index (Phi) is 6.02. The molecule has 1 unspecified atom stereocenters. The highest BCUT2D eigenvalue weighted by Crippen LogP contribution is 2.67. The Morgan fingerprint density at radius 3 is 1.73 bits per heavy atom. The van der Waals surface area contributed by atoms with Gasteiger partial charge < -0.3 is 9.80 Å². The van der Waals surface area contributed by atoms with Crippen LogP contribution < -0.4 is 26.2 Å². The number of anilines is 6. The first-order valence-corrected chi connectivity index (χ1v) is 22.6. The Labute approximate surface area is 347 Å². The minimum Gasteiger partial charge on any atom is -0.311 e. The van der Waals surface area contributed by atoms with Gasteiger partial charge >= 0.3 is 0 Å². The molecule has 0 amide bonds. The zero-order valence-electron chi connectivity index (χ0n) is 33.4. The normalized spacial score (nSPS) is 27.5. The summed E-state index contributed by atoms with van der Waals surface area (Å²) in [5, 5.41) is 0. The summed E-state index contributed by atoms with van der Waals surface area (Å²) in [6.45, 7) is 0.104. The fraction of sp³-hybridized carbons (Fsp3) is 0.250. The van der Waals surface area contributed by atoms with E-state index in [9.17, 15) is 0 Å². The standard InChI is InChI=1S/C56H45BN2/c1-2-11-38(12-3-1)58-49-19-10-20-50-53(49)57(54-51(58)28-27-46-52(54)41-14-5-7-16-44(41)56(46)33-35-22-24-37(56)30-35)47-17-8-9-18-48(47)59(50)39-25-26-45-42(31-39)40-13-4-6-15-43(40)55(45)32-34-21-23-36(55)29-34/h1-20,25-28,31,34-37H,21-24,29-30,32-33H2/t34-,35-,36+,37?,55-,56+/m0/s1. The molecule has 0 N–H and O–H groups in total. The maximum Gasteiger partial charge on any atom is 0.252 e. The Bertz CT molecular complexity index is 2990. The average Bonchev–Trinajstić information content (AvgIpc) is 4.17. The summed E-state index contributed by atoms with van der Waals surface area (Å²) in [6, 6.07) is 59.5. The van der Waals surface area contributed by atoms with Crippen molar-refractivity contribution < 1.29 is 0 Å². The number of nitrogens with zero attached hydrogens (tertiary/aromatic N) is 2. The van der Waals surface area contributed by atoms with Crippen LogP contribution in [0.4, 0.5) is 34.1 Å². The zero-order chi connectivity index (χ0) is 38.2. The van der Waals surface area contributed by atoms with E-state index in [1.807, 2.05) is 0 Å². The summed E-state index contributed by atoms with van der Waals surface area (Å²) >= 11 is 0. The molecule has 7 aromatic rings. The predicted molar refractivity (Wildman–Crippen MR) is 244 cm³/mol. The number of benzene rings is 7. The summed E-state index contributed by atoms with van der Waals surface area (Å²) in [5.41, 5.74) is 24.6. The first-order valence-electron chi connectivity index (χ1n) is 22.6. The molecule has 282 valence electrons. The highest BCUT2D eigenvalue weighted by atomic mass is 15.2. The van der Waals surface area contributed by atoms with Gasteiger partial charge in [-0.25, -0.2) is 0 Å². The summed E-state index contributed by atoms with van der Waals surface area (Å²) < 4.78 is 0. The topological polar surface area (TPSA) is 6.48 Å². The van der Waals surface area contributed by atoms with Gasteiger partial charge in [-0.15, -0.1) is 0 Å². The van der Waals surface area contributed by atoms with E-state index in [0.717, 1.165) is 23.7 Å². The summed E-state index contributed by atoms with van der Waals surface area (Å²) in [6.07, 6.45) is 10.9. The second kappa shape index (κ2) is 11.1. The monoisotopic (exact) mass is 756 g/mol. The van der Waals surface area contributed by atoms with Crippen molar-refractivity contribution in [1.82, 2.24) is 0 Å². The van der Waals surface area contributed by atoms with Gasteiger partial charge in [0.2, 0.25) is 0 Å². The summed E-state index contributed by atoms with van der Waals surface area (Å²) in [4.78, 5) is 5.23. The molecule has 2 heterocycles. The van der Waals surface area contributed by atoms with Gasteiger partial charge in [0.05, 0.1) is 0 Å². The van der Waals surface area contributed by atoms with Crippen LogP contribution in [0.25, 0.3) is 22.3 Å². The van der Waals surface area contributed by atoms with Gasteiger partial charge in [0, 0.05) is 45.0 Å². The lowest BCUT2D eigenvalue weighted by Gasteiger charge is -2.45. The van der Waals surface area contributed by atoms with Crippen LogP contribution in [0.1, 0.15) is 73.6 Å². The van der Waals surface area contributed by atoms with Crippen molar-refractivity contribution in [3.63, 3.8) is 0 Å². The Balaban J connectivity index is 0.996. The van der Waals surface area contributed by atoms with Crippen molar-refractivity contribution in [1.29, 1.82) is 0 Å². The molecule has 0 saturated heterocycles. The maximum absolute atomic E-state index is 2.63. The molecule has 4 fully saturated rings. The SMILES string of the molecule is c1ccc(N2c3cccc4c3B(c3ccccc3N4c3ccc4c(c3)-c3ccccc3[C@@]43C[C@H]4CC[C@@H]3C4)c3c2ccc2c3-c3ccccc3[C@]23C[C@H]2CCC3C2)cc1. The summed E-state index contributed by atoms with van der Waals surface area (Å²) in [7, 11) is 0. The van der Waals surface area contributed by atoms with E-state index in [4.69, 9.17) is 0 Å². The van der Waals surface area contributed by atoms with Gasteiger partial charge in [0.15, 0.2) is 0 Å². The fourth-order valence-electron chi connectivity index (χ4n) is 15.5. The quantitative estimate of drug-likeness (QED) is 0.162. The predicted octanol–water partition coefficient (Wildman–Crippen LogP) is 11.9. The molecule has 0 radical (unpaired) electrons. The van der Waals surface area contributed by atoms with E-state index in [1.54, 1.807) is 22.3 Å². The summed E-state index contributed by atoms with van der Waals surface area (Å²) in [5.74, 6) is 3.18. The highest BCUT2D eigenvalue weighted by Gasteiger charge is 2.59. The molecule has 3 heteroatoms. The molecule has 59 heavy (non-hydrogen) atoms. The average molecular weight is 757 g/mol. The van der Waals surface area contributed by atoms with Crippen molar-refractivity contribution in [2.45, 2.75) is 62.2 Å². The second-order valence-corrected chi connectivity index (χ2v) is 19.6. The van der Waals surface area contributed by atoms with Crippen molar-refractivity contribution in [3.05, 3.63) is 174 Å². The van der Waals surface area contributed by atoms with Gasteiger partial charge in [-0.3, -0.25) is 0 Å². The molecule has 7 aromatic carbocycles. The minimum atomic E-state index is 0.104. The number of rotatable bonds is 2. The van der Waals surface area contributed by atoms with Crippen LogP contribution in [0.2, 0.25) is 0 Å². The fourth-order valence-corrected chi connectivity index (χ4v) is 15.5. The van der Waals surface area contributed by atoms with Crippen LogP contribution in [-0.4, -0.2) is 6.71 Å². The molecule has 4 saturated carbocycles. The third-order valence-corrected chi connectivity index (χ3v) is 17.4. The highest BCUT2D eigenvalue weighted by molar-refractivity contribution is 7.01. The lowest BCUT2D eigenvalue weighted by Crippen LogP contribution is -2.62. The Hall–Kier alpha value is -5.80. The molecule has 15 rings (SSSR count). The third-order valence-electron chi connectivity index (χ3n) is 17.4. The maximum atomic E-state index is 2.63. The van der Waals surface area contributed by atoms with Crippen molar-refractivity contribution in [2.75, 3.05) is 9.80 Å². The van der Waals surface area contributed by atoms with Crippen molar-refractivity contribution >= 4 is 57.2 Å². The van der Waals surface area contributed by atoms with Crippen molar-refractivity contribution in [2.24, 2.45) is 23.7 Å². The van der Waals surface area contributed by atoms with Crippen LogP contribution in [0.3, 0.4) is 0 Å². The Morgan fingerprint density at radius 2 is 1.00 bits per heavy atom. The van der Waals surface area contributed by atoms with Crippen LogP contribution in [-0.2, 0) is 10.8 Å². The van der Waals surface area contributed by atoms with Crippen LogP contribution in [0, 0.1) is 23.7 Å². The van der Waals surface area contributed by atoms with Crippen LogP contribution in [0.15, 0.2) is 152 Å². The number of para-hydroxylation sites is 2. The molecule has 8 aliphatic rings. The zero-order valence-corrected chi connectivity index (χ0v) is 33.4. The lowest BCUT2D eigenvalue weighted by molar-refractivity contribution is 0.327. The molecule has 4 bridgehead atoms. The molecule has 2 spiro atoms. The number of fused-ring (bicyclic) bond motifs is 21. The van der Waals surface area contributed by atoms with E-state index >= 15 is 0 Å². The largest absolute Gasteiger partial charge is 0.311 e. The van der Waals surface area contributed by atoms with Gasteiger partial charge in [0.1, 0.15) is 0 Å². The van der Waals surface area contributed by atoms with E-state index in [1.165, 1.54) is 124 Å². The molecule has 2 nitrogen and oxygen atoms in total. The first kappa shape index (κ1) is 32.1. The van der Waals surface area contributed by atoms with E-state index in [0.29, 0.717) is 0 Å². The van der Waals surface area contributed by atoms with E-state index < -0.39 is 0 Å². The molecular formula is C56H45BN2. The second-order valence-electron chi connectivity index (χ2n) is 19.6. The van der Waals surface area contributed by atoms with Gasteiger partial charge in [-0.1, -0.05) is 116 Å². The minimum absolute atomic E-state index is 0.104. The molecule has 0 aromatic heterocycles. The van der Waals surface area contributed by atoms with Crippen LogP contribution >= 0.6 is 0 Å². The van der Waals surface area contributed by atoms with E-state index in [-0.39, 0.29) is 17.5 Å². The van der Waals surface area contributed by atoms with Crippen LogP contribution in [0.5, 0.6) is 0 Å². The molecule has 6 aliphatic carbocycles. The smallest absolute Gasteiger partial charge is 0.252 e. The Morgan fingerprint density at radius 1 is 0.424 bits per heavy atom. The van der Waals surface area contributed by atoms with Gasteiger partial charge in [-0.2, -0.15) is 0 Å². The third kappa shape index (κ3) is 3.75. The first-order chi connectivity index (χ1) is 29.2. The molecule has 6 atom stereocenters. The lowest BCUT2D eigenvalue weighted by atomic mass is 9.32. The molecule has 2 aliphatic heterocycles. The van der Waals surface area contributed by atoms with Gasteiger partial charge in [-0.05, 0) is 172 Å².